The maximum atomic E-state index is 12.9. The zero-order valence-corrected chi connectivity index (χ0v) is 40.4. The van der Waals surface area contributed by atoms with Crippen LogP contribution in [0.15, 0.2) is 36.5 Å². The molecule has 0 heterocycles. The van der Waals surface area contributed by atoms with Gasteiger partial charge in [0.15, 0.2) is 0 Å². The molecule has 0 fully saturated rings. The van der Waals surface area contributed by atoms with Crippen LogP contribution >= 0.6 is 7.82 Å². The molecule has 0 aliphatic heterocycles. The Balaban J connectivity index is 4.35. The highest BCUT2D eigenvalue weighted by molar-refractivity contribution is 7.45. The van der Waals surface area contributed by atoms with E-state index in [9.17, 15) is 19.4 Å². The summed E-state index contributed by atoms with van der Waals surface area (Å²) in [5.74, 6) is -0.201. The highest BCUT2D eigenvalue weighted by atomic mass is 31.2. The molecule has 0 aromatic rings. The summed E-state index contributed by atoms with van der Waals surface area (Å²) in [5, 5.41) is 13.8. The lowest BCUT2D eigenvalue weighted by Gasteiger charge is -2.29. The molecule has 0 aliphatic rings. The molecular formula is C50H97N2O6P. The lowest BCUT2D eigenvalue weighted by atomic mass is 10.0. The van der Waals surface area contributed by atoms with E-state index in [-0.39, 0.29) is 19.1 Å². The molecule has 0 bridgehead atoms. The number of unbranched alkanes of at least 4 members (excludes halogenated alkanes) is 28. The number of nitrogens with zero attached hydrogens (tertiary/aromatic N) is 1. The van der Waals surface area contributed by atoms with E-state index >= 15 is 0 Å². The molecule has 0 spiro atoms. The van der Waals surface area contributed by atoms with Crippen LogP contribution in [0.4, 0.5) is 0 Å². The fourth-order valence-electron chi connectivity index (χ4n) is 7.12. The van der Waals surface area contributed by atoms with E-state index in [4.69, 9.17) is 9.05 Å². The second kappa shape index (κ2) is 42.0. The lowest BCUT2D eigenvalue weighted by Crippen LogP contribution is -2.45. The normalized spacial score (nSPS) is 14.5. The Morgan fingerprint density at radius 1 is 0.593 bits per heavy atom. The standard InChI is InChI=1S/C50H97N2O6P/c1-6-8-10-12-14-16-18-20-22-24-26-28-30-32-34-36-38-40-42-44-50(54)51-48(47-58-59(55,56)57-46-45-52(3,4)5)49(53)43-41-39-37-35-33-31-29-27-25-23-21-19-17-15-13-11-9-7-2/h14,16,20,22,41,43,48-49,53H,6-13,15,17-19,21,23-40,42,44-47H2,1-5H3,(H-,51,54,55,56)/b16-14-,22-20-,43-41+. The SMILES string of the molecule is CCCCC/C=C\C/C=C\CCCCCCCCCCCC(=O)NC(COP(=O)([O-])OCC[N+](C)(C)C)C(O)/C=C/CCCCCCCCCCCCCCCCCC. The van der Waals surface area contributed by atoms with E-state index in [0.29, 0.717) is 17.4 Å². The first kappa shape index (κ1) is 57.7. The summed E-state index contributed by atoms with van der Waals surface area (Å²) < 4.78 is 23.3. The molecule has 0 saturated heterocycles. The summed E-state index contributed by atoms with van der Waals surface area (Å²) in [6.07, 6.45) is 51.9. The molecule has 3 unspecified atom stereocenters. The topological polar surface area (TPSA) is 108 Å². The highest BCUT2D eigenvalue weighted by Gasteiger charge is 2.23. The second-order valence-corrected chi connectivity index (χ2v) is 19.6. The number of carbonyl (C=O) groups is 1. The number of quaternary nitrogens is 1. The Kier molecular flexibility index (Phi) is 41.1. The number of carbonyl (C=O) groups excluding carboxylic acids is 1. The molecule has 3 atom stereocenters. The Morgan fingerprint density at radius 3 is 1.44 bits per heavy atom. The molecule has 9 heteroatoms. The van der Waals surface area contributed by atoms with Crippen molar-refractivity contribution in [1.29, 1.82) is 0 Å². The quantitative estimate of drug-likeness (QED) is 0.0273. The zero-order valence-electron chi connectivity index (χ0n) is 39.5. The molecule has 0 saturated carbocycles. The van der Waals surface area contributed by atoms with Gasteiger partial charge in [0.05, 0.1) is 39.9 Å². The lowest BCUT2D eigenvalue weighted by molar-refractivity contribution is -0.870. The fraction of sp³-hybridized carbons (Fsp3) is 0.860. The zero-order chi connectivity index (χ0) is 43.6. The number of allylic oxidation sites excluding steroid dienone is 5. The minimum atomic E-state index is -4.59. The van der Waals surface area contributed by atoms with Crippen LogP contribution in [0.2, 0.25) is 0 Å². The number of aliphatic hydroxyl groups excluding tert-OH is 1. The number of nitrogens with one attached hydrogen (secondary N) is 1. The number of phosphoric acid groups is 1. The smallest absolute Gasteiger partial charge is 0.268 e. The van der Waals surface area contributed by atoms with Crippen LogP contribution in [0.5, 0.6) is 0 Å². The molecular weight excluding hydrogens is 756 g/mol. The first-order valence-electron chi connectivity index (χ1n) is 24.9. The van der Waals surface area contributed by atoms with Gasteiger partial charge in [-0.05, 0) is 51.4 Å². The Labute approximate surface area is 366 Å². The summed E-state index contributed by atoms with van der Waals surface area (Å²) in [7, 11) is 1.26. The van der Waals surface area contributed by atoms with Crippen molar-refractivity contribution in [3.05, 3.63) is 36.5 Å². The van der Waals surface area contributed by atoms with Crippen LogP contribution in [-0.4, -0.2) is 68.5 Å². The van der Waals surface area contributed by atoms with Crippen molar-refractivity contribution in [2.75, 3.05) is 40.9 Å². The maximum absolute atomic E-state index is 12.9. The Bertz CT molecular complexity index is 1060. The molecule has 8 nitrogen and oxygen atoms in total. The largest absolute Gasteiger partial charge is 0.756 e. The number of rotatable bonds is 45. The molecule has 0 aliphatic carbocycles. The predicted octanol–water partition coefficient (Wildman–Crippen LogP) is 13.6. The molecule has 2 N–H and O–H groups in total. The summed E-state index contributed by atoms with van der Waals surface area (Å²) >= 11 is 0. The van der Waals surface area contributed by atoms with Gasteiger partial charge in [-0.3, -0.25) is 9.36 Å². The summed E-state index contributed by atoms with van der Waals surface area (Å²) in [6.45, 7) is 4.63. The number of phosphoric ester groups is 1. The predicted molar refractivity (Wildman–Crippen MR) is 251 cm³/mol. The van der Waals surface area contributed by atoms with Gasteiger partial charge in [-0.2, -0.15) is 0 Å². The molecule has 0 rings (SSSR count). The van der Waals surface area contributed by atoms with E-state index in [1.807, 2.05) is 27.2 Å². The van der Waals surface area contributed by atoms with Crippen LogP contribution in [-0.2, 0) is 18.4 Å². The summed E-state index contributed by atoms with van der Waals surface area (Å²) in [4.78, 5) is 25.4. The van der Waals surface area contributed by atoms with E-state index in [1.165, 1.54) is 161 Å². The third-order valence-electron chi connectivity index (χ3n) is 11.1. The molecule has 0 aromatic carbocycles. The number of aliphatic hydroxyl groups is 1. The van der Waals surface area contributed by atoms with Crippen molar-refractivity contribution in [2.45, 2.75) is 238 Å². The van der Waals surface area contributed by atoms with Crippen molar-refractivity contribution >= 4 is 13.7 Å². The average Bonchev–Trinajstić information content (AvgIpc) is 3.19. The van der Waals surface area contributed by atoms with Crippen molar-refractivity contribution < 1.29 is 32.9 Å². The fourth-order valence-corrected chi connectivity index (χ4v) is 7.85. The van der Waals surface area contributed by atoms with Gasteiger partial charge in [0.2, 0.25) is 5.91 Å². The van der Waals surface area contributed by atoms with Gasteiger partial charge in [-0.25, -0.2) is 0 Å². The number of likely N-dealkylation sites (N-methyl/N-ethyl adjacent to an activating group) is 1. The highest BCUT2D eigenvalue weighted by Crippen LogP contribution is 2.38. The molecule has 59 heavy (non-hydrogen) atoms. The van der Waals surface area contributed by atoms with Crippen LogP contribution in [0.3, 0.4) is 0 Å². The van der Waals surface area contributed by atoms with Gasteiger partial charge in [0.25, 0.3) is 7.82 Å². The van der Waals surface area contributed by atoms with Crippen molar-refractivity contribution in [2.24, 2.45) is 0 Å². The second-order valence-electron chi connectivity index (χ2n) is 18.2. The van der Waals surface area contributed by atoms with E-state index in [2.05, 4.69) is 43.5 Å². The Morgan fingerprint density at radius 2 is 0.983 bits per heavy atom. The van der Waals surface area contributed by atoms with E-state index in [0.717, 1.165) is 44.9 Å². The van der Waals surface area contributed by atoms with Gasteiger partial charge in [0, 0.05) is 6.42 Å². The van der Waals surface area contributed by atoms with Crippen molar-refractivity contribution in [3.8, 4) is 0 Å². The van der Waals surface area contributed by atoms with Crippen LogP contribution < -0.4 is 10.2 Å². The third-order valence-corrected chi connectivity index (χ3v) is 12.1. The number of hydrogen-bond donors (Lipinski definition) is 2. The molecule has 1 amide bonds. The van der Waals surface area contributed by atoms with Crippen molar-refractivity contribution in [1.82, 2.24) is 5.32 Å². The minimum Gasteiger partial charge on any atom is -0.756 e. The molecule has 0 radical (unpaired) electrons. The molecule has 0 aromatic heterocycles. The van der Waals surface area contributed by atoms with Crippen molar-refractivity contribution in [3.63, 3.8) is 0 Å². The monoisotopic (exact) mass is 853 g/mol. The number of amides is 1. The van der Waals surface area contributed by atoms with Crippen LogP contribution in [0.25, 0.3) is 0 Å². The van der Waals surface area contributed by atoms with E-state index < -0.39 is 20.0 Å². The summed E-state index contributed by atoms with van der Waals surface area (Å²) in [6, 6.07) is -0.888. The minimum absolute atomic E-state index is 0.00175. The Hall–Kier alpha value is -1.28. The van der Waals surface area contributed by atoms with E-state index in [1.54, 1.807) is 6.08 Å². The third kappa shape index (κ3) is 44.6. The van der Waals surface area contributed by atoms with Gasteiger partial charge < -0.3 is 28.8 Å². The number of hydrogen-bond acceptors (Lipinski definition) is 6. The molecule has 348 valence electrons. The first-order chi connectivity index (χ1) is 28.5. The van der Waals surface area contributed by atoms with Gasteiger partial charge in [-0.15, -0.1) is 0 Å². The van der Waals surface area contributed by atoms with Crippen LogP contribution in [0, 0.1) is 0 Å². The van der Waals surface area contributed by atoms with Crippen LogP contribution in [0.1, 0.15) is 226 Å². The van der Waals surface area contributed by atoms with Gasteiger partial charge in [0.1, 0.15) is 13.2 Å². The average molecular weight is 853 g/mol. The van der Waals surface area contributed by atoms with Gasteiger partial charge in [-0.1, -0.05) is 204 Å². The maximum Gasteiger partial charge on any atom is 0.268 e. The van der Waals surface area contributed by atoms with Gasteiger partial charge >= 0.3 is 0 Å². The summed E-state index contributed by atoms with van der Waals surface area (Å²) in [5.41, 5.74) is 0. The first-order valence-corrected chi connectivity index (χ1v) is 26.3.